The van der Waals surface area contributed by atoms with Gasteiger partial charge in [0.2, 0.25) is 0 Å². The number of nitrogens with one attached hydrogen (secondary N) is 1. The Balaban J connectivity index is 2.74. The van der Waals surface area contributed by atoms with Gasteiger partial charge in [-0.05, 0) is 52.9 Å². The normalized spacial score (nSPS) is 12.6. The van der Waals surface area contributed by atoms with Crippen LogP contribution in [0.3, 0.4) is 0 Å². The fourth-order valence-electron chi connectivity index (χ4n) is 1.80. The molecule has 2 nitrogen and oxygen atoms in total. The van der Waals surface area contributed by atoms with Crippen molar-refractivity contribution in [2.24, 2.45) is 5.92 Å². The summed E-state index contributed by atoms with van der Waals surface area (Å²) in [6, 6.07) is 5.94. The number of hydrogen-bond acceptors (Lipinski definition) is 1. The lowest BCUT2D eigenvalue weighted by Crippen LogP contribution is -2.37. The number of alkyl halides is 1. The Hall–Kier alpha value is -0.350. The molecule has 1 aromatic rings. The van der Waals surface area contributed by atoms with Gasteiger partial charge in [-0.25, -0.2) is 0 Å². The molecule has 18 heavy (non-hydrogen) atoms. The van der Waals surface area contributed by atoms with Crippen molar-refractivity contribution in [3.05, 3.63) is 33.8 Å². The summed E-state index contributed by atoms with van der Waals surface area (Å²) in [5, 5.41) is 3.84. The molecule has 0 fully saturated rings. The van der Waals surface area contributed by atoms with Crippen molar-refractivity contribution in [3.8, 4) is 0 Å². The highest BCUT2D eigenvalue weighted by molar-refractivity contribution is 9.10. The maximum absolute atomic E-state index is 12.2. The third kappa shape index (κ3) is 4.73. The molecule has 1 aromatic carbocycles. The number of benzene rings is 1. The van der Waals surface area contributed by atoms with Crippen LogP contribution in [0.1, 0.15) is 36.2 Å². The van der Waals surface area contributed by atoms with Gasteiger partial charge in [0.1, 0.15) is 0 Å². The minimum atomic E-state index is -0.0213. The largest absolute Gasteiger partial charge is 0.348 e. The van der Waals surface area contributed by atoms with Crippen molar-refractivity contribution in [3.63, 3.8) is 0 Å². The first-order valence-corrected chi connectivity index (χ1v) is 7.98. The Labute approximate surface area is 126 Å². The predicted molar refractivity (Wildman–Crippen MR) is 83.4 cm³/mol. The average Bonchev–Trinajstić information content (AvgIpc) is 2.27. The van der Waals surface area contributed by atoms with E-state index in [4.69, 9.17) is 0 Å². The summed E-state index contributed by atoms with van der Waals surface area (Å²) in [5.41, 5.74) is 1.83. The Bertz CT molecular complexity index is 418. The van der Waals surface area contributed by atoms with E-state index in [1.54, 1.807) is 0 Å². The van der Waals surface area contributed by atoms with Crippen LogP contribution < -0.4 is 5.32 Å². The number of carbonyl (C=O) groups excluding carboxylic acids is 1. The van der Waals surface area contributed by atoms with Crippen LogP contribution in [0.15, 0.2) is 22.7 Å². The first-order chi connectivity index (χ1) is 8.43. The molecule has 0 heterocycles. The Morgan fingerprint density at radius 3 is 2.56 bits per heavy atom. The summed E-state index contributed by atoms with van der Waals surface area (Å²) in [5.74, 6) is 0.543. The molecule has 0 saturated carbocycles. The molecule has 1 rings (SSSR count). The molecule has 0 bridgehead atoms. The molecule has 0 aliphatic carbocycles. The SMILES string of the molecule is Cc1ccc(C(=O)NC(CBr)CC(C)C)c(Br)c1. The van der Waals surface area contributed by atoms with Crippen molar-refractivity contribution in [1.29, 1.82) is 0 Å². The van der Waals surface area contributed by atoms with E-state index in [0.29, 0.717) is 11.5 Å². The number of rotatable bonds is 5. The van der Waals surface area contributed by atoms with Gasteiger partial charge in [0.25, 0.3) is 5.91 Å². The van der Waals surface area contributed by atoms with Gasteiger partial charge in [0.05, 0.1) is 5.56 Å². The number of halogens is 2. The van der Waals surface area contributed by atoms with E-state index in [2.05, 4.69) is 51.0 Å². The molecule has 1 unspecified atom stereocenters. The van der Waals surface area contributed by atoms with Crippen LogP contribution in [0.5, 0.6) is 0 Å². The first kappa shape index (κ1) is 15.7. The highest BCUT2D eigenvalue weighted by Crippen LogP contribution is 2.19. The number of amides is 1. The van der Waals surface area contributed by atoms with Gasteiger partial charge in [-0.2, -0.15) is 0 Å². The summed E-state index contributed by atoms with van der Waals surface area (Å²) in [4.78, 5) is 12.2. The van der Waals surface area contributed by atoms with E-state index in [0.717, 1.165) is 21.8 Å². The van der Waals surface area contributed by atoms with Crippen LogP contribution in [-0.4, -0.2) is 17.3 Å². The third-order valence-electron chi connectivity index (χ3n) is 2.65. The molecule has 0 spiro atoms. The van der Waals surface area contributed by atoms with Crippen molar-refractivity contribution in [2.75, 3.05) is 5.33 Å². The lowest BCUT2D eigenvalue weighted by atomic mass is 10.0. The highest BCUT2D eigenvalue weighted by atomic mass is 79.9. The van der Waals surface area contributed by atoms with Gasteiger partial charge in [0.15, 0.2) is 0 Å². The molecule has 1 N–H and O–H groups in total. The zero-order valence-electron chi connectivity index (χ0n) is 11.0. The van der Waals surface area contributed by atoms with Gasteiger partial charge in [-0.1, -0.05) is 35.8 Å². The molecule has 1 amide bonds. The van der Waals surface area contributed by atoms with Gasteiger partial charge in [-0.3, -0.25) is 4.79 Å². The van der Waals surface area contributed by atoms with Crippen LogP contribution in [0, 0.1) is 12.8 Å². The van der Waals surface area contributed by atoms with Crippen molar-refractivity contribution < 1.29 is 4.79 Å². The lowest BCUT2D eigenvalue weighted by Gasteiger charge is -2.18. The molecule has 4 heteroatoms. The molecular weight excluding hydrogens is 358 g/mol. The second-order valence-electron chi connectivity index (χ2n) is 4.94. The molecule has 0 aliphatic heterocycles. The van der Waals surface area contributed by atoms with Gasteiger partial charge in [0, 0.05) is 15.8 Å². The number of hydrogen-bond donors (Lipinski definition) is 1. The standard InChI is InChI=1S/C14H19Br2NO/c1-9(2)6-11(8-15)17-14(18)12-5-4-10(3)7-13(12)16/h4-5,7,9,11H,6,8H2,1-3H3,(H,17,18). The molecule has 0 saturated heterocycles. The monoisotopic (exact) mass is 375 g/mol. The fourth-order valence-corrected chi connectivity index (χ4v) is 2.90. The van der Waals surface area contributed by atoms with Gasteiger partial charge >= 0.3 is 0 Å². The first-order valence-electron chi connectivity index (χ1n) is 6.07. The molecule has 0 aliphatic rings. The zero-order chi connectivity index (χ0) is 13.7. The maximum Gasteiger partial charge on any atom is 0.252 e. The van der Waals surface area contributed by atoms with Crippen LogP contribution in [0.25, 0.3) is 0 Å². The third-order valence-corrected chi connectivity index (χ3v) is 4.08. The molecule has 1 atom stereocenters. The van der Waals surface area contributed by atoms with Crippen molar-refractivity contribution in [2.45, 2.75) is 33.2 Å². The summed E-state index contributed by atoms with van der Waals surface area (Å²) in [6.07, 6.45) is 0.973. The van der Waals surface area contributed by atoms with E-state index in [1.807, 2.05) is 25.1 Å². The summed E-state index contributed by atoms with van der Waals surface area (Å²) in [6.45, 7) is 6.32. The second kappa shape index (κ2) is 7.29. The minimum Gasteiger partial charge on any atom is -0.348 e. The zero-order valence-corrected chi connectivity index (χ0v) is 14.1. The Morgan fingerprint density at radius 1 is 1.39 bits per heavy atom. The van der Waals surface area contributed by atoms with Crippen LogP contribution in [0.4, 0.5) is 0 Å². The van der Waals surface area contributed by atoms with E-state index in [9.17, 15) is 4.79 Å². The minimum absolute atomic E-state index is 0.0213. The molecule has 0 aromatic heterocycles. The summed E-state index contributed by atoms with van der Waals surface area (Å²) < 4.78 is 0.845. The number of carbonyl (C=O) groups is 1. The number of aryl methyl sites for hydroxylation is 1. The van der Waals surface area contributed by atoms with Crippen LogP contribution >= 0.6 is 31.9 Å². The van der Waals surface area contributed by atoms with Gasteiger partial charge in [-0.15, -0.1) is 0 Å². The smallest absolute Gasteiger partial charge is 0.252 e. The van der Waals surface area contributed by atoms with Gasteiger partial charge < -0.3 is 5.32 Å². The van der Waals surface area contributed by atoms with E-state index < -0.39 is 0 Å². The molecular formula is C14H19Br2NO. The van der Waals surface area contributed by atoms with Crippen LogP contribution in [0.2, 0.25) is 0 Å². The Kier molecular flexibility index (Phi) is 6.36. The summed E-state index contributed by atoms with van der Waals surface area (Å²) >= 11 is 6.89. The fraction of sp³-hybridized carbons (Fsp3) is 0.500. The van der Waals surface area contributed by atoms with E-state index in [1.165, 1.54) is 0 Å². The Morgan fingerprint density at radius 2 is 2.06 bits per heavy atom. The predicted octanol–water partition coefficient (Wildman–Crippen LogP) is 4.30. The maximum atomic E-state index is 12.2. The lowest BCUT2D eigenvalue weighted by molar-refractivity contribution is 0.0936. The van der Waals surface area contributed by atoms with Crippen molar-refractivity contribution >= 4 is 37.8 Å². The quantitative estimate of drug-likeness (QED) is 0.762. The van der Waals surface area contributed by atoms with E-state index in [-0.39, 0.29) is 11.9 Å². The molecule has 0 radical (unpaired) electrons. The average molecular weight is 377 g/mol. The molecule has 100 valence electrons. The van der Waals surface area contributed by atoms with E-state index >= 15 is 0 Å². The second-order valence-corrected chi connectivity index (χ2v) is 6.44. The highest BCUT2D eigenvalue weighted by Gasteiger charge is 2.15. The summed E-state index contributed by atoms with van der Waals surface area (Å²) in [7, 11) is 0. The van der Waals surface area contributed by atoms with Crippen LogP contribution in [-0.2, 0) is 0 Å². The topological polar surface area (TPSA) is 29.1 Å². The van der Waals surface area contributed by atoms with Crippen molar-refractivity contribution in [1.82, 2.24) is 5.32 Å².